The molecule has 0 radical (unpaired) electrons. The molecule has 8 heteroatoms. The second kappa shape index (κ2) is 9.99. The van der Waals surface area contributed by atoms with Crippen molar-refractivity contribution in [2.75, 3.05) is 26.2 Å². The summed E-state index contributed by atoms with van der Waals surface area (Å²) in [7, 11) is 4.50. The third-order valence-corrected chi connectivity index (χ3v) is 8.40. The van der Waals surface area contributed by atoms with E-state index in [0.717, 1.165) is 33.8 Å². The first-order valence-electron chi connectivity index (χ1n) is 12.8. The number of amides is 2. The number of benzene rings is 3. The van der Waals surface area contributed by atoms with Gasteiger partial charge in [0.1, 0.15) is 11.5 Å². The third-order valence-electron chi connectivity index (χ3n) is 8.08. The van der Waals surface area contributed by atoms with E-state index in [4.69, 9.17) is 25.8 Å². The van der Waals surface area contributed by atoms with Crippen molar-refractivity contribution in [2.24, 2.45) is 23.7 Å². The maximum Gasteiger partial charge on any atom is 0.339 e. The van der Waals surface area contributed by atoms with Crippen LogP contribution in [0.5, 0.6) is 11.5 Å². The molecule has 2 amide bonds. The summed E-state index contributed by atoms with van der Waals surface area (Å²) in [6.45, 7) is 0. The highest BCUT2D eigenvalue weighted by Crippen LogP contribution is 2.59. The van der Waals surface area contributed by atoms with E-state index < -0.39 is 17.8 Å². The summed E-state index contributed by atoms with van der Waals surface area (Å²) in [4.78, 5) is 41.2. The molecule has 6 rings (SSSR count). The zero-order valence-electron chi connectivity index (χ0n) is 22.1. The summed E-state index contributed by atoms with van der Waals surface area (Å²) in [6.07, 6.45) is 4.09. The van der Waals surface area contributed by atoms with Gasteiger partial charge in [-0.1, -0.05) is 48.0 Å². The van der Waals surface area contributed by atoms with E-state index in [9.17, 15) is 14.4 Å². The molecule has 7 nitrogen and oxygen atoms in total. The molecule has 0 N–H and O–H groups in total. The van der Waals surface area contributed by atoms with Gasteiger partial charge in [0.15, 0.2) is 0 Å². The van der Waals surface area contributed by atoms with Crippen LogP contribution in [0.25, 0.3) is 5.57 Å². The Labute approximate surface area is 236 Å². The van der Waals surface area contributed by atoms with E-state index in [-0.39, 0.29) is 34.2 Å². The molecule has 1 saturated carbocycles. The third kappa shape index (κ3) is 3.92. The summed E-state index contributed by atoms with van der Waals surface area (Å²) in [6, 6.07) is 20.1. The van der Waals surface area contributed by atoms with E-state index in [1.165, 1.54) is 24.1 Å². The lowest BCUT2D eigenvalue weighted by atomic mass is 9.85. The summed E-state index contributed by atoms with van der Waals surface area (Å²) in [5.74, 6) is -1.31. The van der Waals surface area contributed by atoms with Crippen LogP contribution in [-0.2, 0) is 14.3 Å². The number of imide groups is 1. The van der Waals surface area contributed by atoms with Crippen molar-refractivity contribution in [3.05, 3.63) is 106 Å². The van der Waals surface area contributed by atoms with Crippen LogP contribution in [-0.4, -0.2) is 39.1 Å². The van der Waals surface area contributed by atoms with Crippen LogP contribution < -0.4 is 14.4 Å². The highest BCUT2D eigenvalue weighted by molar-refractivity contribution is 6.34. The monoisotopic (exact) mass is 555 g/mol. The molecule has 40 heavy (non-hydrogen) atoms. The number of esters is 1. The lowest BCUT2D eigenvalue weighted by Crippen LogP contribution is -2.33. The Morgan fingerprint density at radius 1 is 0.750 bits per heavy atom. The molecule has 1 saturated heterocycles. The first kappa shape index (κ1) is 25.9. The molecule has 3 aromatic carbocycles. The van der Waals surface area contributed by atoms with Crippen molar-refractivity contribution in [3.8, 4) is 11.5 Å². The van der Waals surface area contributed by atoms with Gasteiger partial charge in [-0.05, 0) is 64.7 Å². The molecule has 202 valence electrons. The topological polar surface area (TPSA) is 82.1 Å². The van der Waals surface area contributed by atoms with Gasteiger partial charge in [0.05, 0.1) is 49.4 Å². The summed E-state index contributed by atoms with van der Waals surface area (Å²) < 4.78 is 15.6. The number of nitrogens with zero attached hydrogens (tertiary/aromatic N) is 1. The van der Waals surface area contributed by atoms with E-state index in [0.29, 0.717) is 5.69 Å². The number of methoxy groups -OCH3 is 3. The maximum absolute atomic E-state index is 13.9. The Morgan fingerprint density at radius 2 is 1.25 bits per heavy atom. The Balaban J connectivity index is 1.44. The molecule has 0 spiro atoms. The minimum atomic E-state index is -0.637. The molecular formula is C32H26ClNO6. The number of fused-ring (bicyclic) bond motifs is 5. The number of carbonyl (C=O) groups excluding carboxylic acids is 3. The van der Waals surface area contributed by atoms with Crippen LogP contribution in [0.3, 0.4) is 0 Å². The van der Waals surface area contributed by atoms with Crippen molar-refractivity contribution in [1.82, 2.24) is 0 Å². The fourth-order valence-corrected chi connectivity index (χ4v) is 6.48. The van der Waals surface area contributed by atoms with Gasteiger partial charge in [-0.25, -0.2) is 9.69 Å². The number of carbonyl (C=O) groups is 3. The standard InChI is InChI=1S/C32H26ClNO6/c1-38-20-9-4-17(5-10-20)26(18-6-11-21(39-2)12-7-18)27-22-13-14-23(27)29-28(22)30(35)34(31(29)36)19-8-15-25(33)24(16-19)32(37)40-3/h4-16,22-23,28-29H,1-3H3/t22-,23-,28-,29+/m0/s1. The van der Waals surface area contributed by atoms with Gasteiger partial charge in [0, 0.05) is 11.8 Å². The predicted molar refractivity (Wildman–Crippen MR) is 150 cm³/mol. The largest absolute Gasteiger partial charge is 0.497 e. The van der Waals surface area contributed by atoms with Gasteiger partial charge >= 0.3 is 5.97 Å². The highest BCUT2D eigenvalue weighted by atomic mass is 35.5. The highest BCUT2D eigenvalue weighted by Gasteiger charge is 2.62. The van der Waals surface area contributed by atoms with Crippen molar-refractivity contribution in [2.45, 2.75) is 0 Å². The molecule has 1 aliphatic heterocycles. The van der Waals surface area contributed by atoms with E-state index >= 15 is 0 Å². The summed E-state index contributed by atoms with van der Waals surface area (Å²) in [5.41, 5.74) is 4.39. The fraction of sp³-hybridized carbons (Fsp3) is 0.219. The van der Waals surface area contributed by atoms with Crippen LogP contribution in [0.2, 0.25) is 5.02 Å². The molecule has 3 aromatic rings. The van der Waals surface area contributed by atoms with Crippen molar-refractivity contribution >= 4 is 40.6 Å². The normalized spacial score (nSPS) is 22.5. The molecule has 3 aliphatic rings. The first-order chi connectivity index (χ1) is 19.4. The molecule has 1 heterocycles. The van der Waals surface area contributed by atoms with E-state index in [1.807, 2.05) is 60.7 Å². The van der Waals surface area contributed by atoms with Crippen LogP contribution in [0.15, 0.2) is 84.5 Å². The lowest BCUT2D eigenvalue weighted by Gasteiger charge is -2.22. The average molecular weight is 556 g/mol. The molecular weight excluding hydrogens is 530 g/mol. The SMILES string of the molecule is COC(=O)c1cc(N2C(=O)[C@@H]3[C@H](C2=O)[C@H]2C=C[C@H]3C2=C(c2ccc(OC)cc2)c2ccc(OC)cc2)ccc1Cl. The minimum absolute atomic E-state index is 0.0994. The number of rotatable bonds is 6. The molecule has 0 aromatic heterocycles. The van der Waals surface area contributed by atoms with Gasteiger partial charge in [-0.15, -0.1) is 0 Å². The number of allylic oxidation sites excluding steroid dienone is 3. The number of anilines is 1. The smallest absolute Gasteiger partial charge is 0.339 e. The van der Waals surface area contributed by atoms with Crippen LogP contribution >= 0.6 is 11.6 Å². The predicted octanol–water partition coefficient (Wildman–Crippen LogP) is 5.57. The Morgan fingerprint density at radius 3 is 1.70 bits per heavy atom. The Bertz CT molecular complexity index is 1510. The van der Waals surface area contributed by atoms with Gasteiger partial charge in [-0.2, -0.15) is 0 Å². The average Bonchev–Trinajstić information content (AvgIpc) is 3.62. The molecule has 2 aliphatic carbocycles. The van der Waals surface area contributed by atoms with Gasteiger partial charge in [-0.3, -0.25) is 9.59 Å². The minimum Gasteiger partial charge on any atom is -0.497 e. The molecule has 0 unspecified atom stereocenters. The first-order valence-corrected chi connectivity index (χ1v) is 13.2. The van der Waals surface area contributed by atoms with Gasteiger partial charge < -0.3 is 14.2 Å². The number of hydrogen-bond acceptors (Lipinski definition) is 6. The lowest BCUT2D eigenvalue weighted by molar-refractivity contribution is -0.122. The molecule has 2 bridgehead atoms. The van der Waals surface area contributed by atoms with Crippen molar-refractivity contribution in [3.63, 3.8) is 0 Å². The summed E-state index contributed by atoms with van der Waals surface area (Å²) >= 11 is 6.19. The number of halogens is 1. The van der Waals surface area contributed by atoms with E-state index in [1.54, 1.807) is 20.3 Å². The molecule has 4 atom stereocenters. The fourth-order valence-electron chi connectivity index (χ4n) is 6.29. The number of hydrogen-bond donors (Lipinski definition) is 0. The summed E-state index contributed by atoms with van der Waals surface area (Å²) in [5, 5.41) is 0.186. The van der Waals surface area contributed by atoms with Crippen LogP contribution in [0, 0.1) is 23.7 Å². The Kier molecular flexibility index (Phi) is 6.47. The zero-order chi connectivity index (χ0) is 28.1. The van der Waals surface area contributed by atoms with Gasteiger partial charge in [0.25, 0.3) is 0 Å². The van der Waals surface area contributed by atoms with Crippen LogP contribution in [0.1, 0.15) is 21.5 Å². The Hall–Kier alpha value is -4.36. The van der Waals surface area contributed by atoms with Crippen molar-refractivity contribution < 1.29 is 28.6 Å². The quantitative estimate of drug-likeness (QED) is 0.225. The second-order valence-corrected chi connectivity index (χ2v) is 10.4. The van der Waals surface area contributed by atoms with Crippen molar-refractivity contribution in [1.29, 1.82) is 0 Å². The number of ether oxygens (including phenoxy) is 3. The van der Waals surface area contributed by atoms with Crippen LogP contribution in [0.4, 0.5) is 5.69 Å². The van der Waals surface area contributed by atoms with E-state index in [2.05, 4.69) is 0 Å². The van der Waals surface area contributed by atoms with Gasteiger partial charge in [0.2, 0.25) is 11.8 Å². The second-order valence-electron chi connectivity index (χ2n) is 9.94. The maximum atomic E-state index is 13.9. The molecule has 2 fully saturated rings. The zero-order valence-corrected chi connectivity index (χ0v) is 22.8.